The zero-order valence-corrected chi connectivity index (χ0v) is 15.5. The van der Waals surface area contributed by atoms with E-state index in [0.717, 1.165) is 36.2 Å². The molecule has 3 saturated heterocycles. The topological polar surface area (TPSA) is 79.0 Å². The number of fused-ring (bicyclic) bond motifs is 7. The summed E-state index contributed by atoms with van der Waals surface area (Å²) in [5, 5.41) is 2.99. The van der Waals surface area contributed by atoms with Crippen LogP contribution in [0.15, 0.2) is 18.2 Å². The van der Waals surface area contributed by atoms with Crippen LogP contribution in [0.1, 0.15) is 24.0 Å². The number of methoxy groups -OCH3 is 1. The molecule has 142 valence electrons. The second kappa shape index (κ2) is 5.62. The van der Waals surface area contributed by atoms with Gasteiger partial charge in [-0.25, -0.2) is 0 Å². The number of carbonyl (C=O) groups excluding carboxylic acids is 3. The monoisotopic (exact) mass is 369 g/mol. The van der Waals surface area contributed by atoms with Gasteiger partial charge in [-0.05, 0) is 32.4 Å². The van der Waals surface area contributed by atoms with Crippen LogP contribution in [-0.2, 0) is 24.7 Å². The molecule has 4 atom stereocenters. The van der Waals surface area contributed by atoms with Gasteiger partial charge in [0.05, 0.1) is 25.0 Å². The number of aryl methyl sites for hydroxylation is 1. The minimum absolute atomic E-state index is 0.0591. The third-order valence-electron chi connectivity index (χ3n) is 6.76. The van der Waals surface area contributed by atoms with Crippen molar-refractivity contribution in [3.8, 4) is 0 Å². The fourth-order valence-electron chi connectivity index (χ4n) is 5.78. The van der Waals surface area contributed by atoms with Crippen LogP contribution in [0.3, 0.4) is 0 Å². The Morgan fingerprint density at radius 2 is 2.07 bits per heavy atom. The Morgan fingerprint density at radius 3 is 2.85 bits per heavy atom. The lowest BCUT2D eigenvalue weighted by Crippen LogP contribution is -2.54. The third-order valence-corrected chi connectivity index (χ3v) is 6.76. The van der Waals surface area contributed by atoms with Crippen LogP contribution in [0.5, 0.6) is 0 Å². The van der Waals surface area contributed by atoms with Crippen molar-refractivity contribution < 1.29 is 19.1 Å². The Kier molecular flexibility index (Phi) is 3.52. The summed E-state index contributed by atoms with van der Waals surface area (Å²) in [6.07, 6.45) is 1.78. The summed E-state index contributed by atoms with van der Waals surface area (Å²) in [7, 11) is 1.55. The zero-order chi connectivity index (χ0) is 18.9. The van der Waals surface area contributed by atoms with E-state index in [1.807, 2.05) is 25.1 Å². The number of hydrogen-bond acceptors (Lipinski definition) is 5. The molecule has 1 spiro atoms. The standard InChI is InChI=1S/C20H23N3O4/c1-11-5-6-13-12(10-11)20(19(26)21-13)16-15(14-4-3-7-23(14)20)17(24)22(18(16)25)8-9-27-2/h5-6,10,14-16H,3-4,7-9H2,1-2H3,(H,21,26)/t14-,15-,16+,20-/m1/s1. The molecular formula is C20H23N3O4. The molecule has 7 heteroatoms. The normalized spacial score (nSPS) is 34.4. The molecule has 1 aromatic rings. The largest absolute Gasteiger partial charge is 0.383 e. The van der Waals surface area contributed by atoms with E-state index < -0.39 is 17.4 Å². The highest BCUT2D eigenvalue weighted by atomic mass is 16.5. The summed E-state index contributed by atoms with van der Waals surface area (Å²) in [6, 6.07) is 5.80. The van der Waals surface area contributed by atoms with Gasteiger partial charge in [0, 0.05) is 24.4 Å². The molecule has 0 unspecified atom stereocenters. The molecule has 7 nitrogen and oxygen atoms in total. The van der Waals surface area contributed by atoms with Gasteiger partial charge in [0.2, 0.25) is 17.7 Å². The van der Waals surface area contributed by atoms with Gasteiger partial charge in [0.1, 0.15) is 5.54 Å². The molecule has 0 radical (unpaired) electrons. The maximum absolute atomic E-state index is 13.4. The molecule has 3 amide bonds. The molecule has 4 aliphatic heterocycles. The fraction of sp³-hybridized carbons (Fsp3) is 0.550. The maximum atomic E-state index is 13.4. The summed E-state index contributed by atoms with van der Waals surface area (Å²) in [5.41, 5.74) is 1.58. The number of anilines is 1. The second-order valence-corrected chi connectivity index (χ2v) is 8.00. The van der Waals surface area contributed by atoms with Gasteiger partial charge in [-0.2, -0.15) is 0 Å². The van der Waals surface area contributed by atoms with Crippen molar-refractivity contribution in [2.24, 2.45) is 11.8 Å². The van der Waals surface area contributed by atoms with Crippen molar-refractivity contribution in [1.82, 2.24) is 9.80 Å². The Morgan fingerprint density at radius 1 is 1.26 bits per heavy atom. The number of benzene rings is 1. The molecule has 3 fully saturated rings. The van der Waals surface area contributed by atoms with E-state index in [2.05, 4.69) is 10.2 Å². The lowest BCUT2D eigenvalue weighted by molar-refractivity contribution is -0.146. The van der Waals surface area contributed by atoms with E-state index in [1.165, 1.54) is 4.90 Å². The van der Waals surface area contributed by atoms with Crippen molar-refractivity contribution >= 4 is 23.4 Å². The van der Waals surface area contributed by atoms with Crippen molar-refractivity contribution in [3.63, 3.8) is 0 Å². The number of carbonyl (C=O) groups is 3. The number of ether oxygens (including phenoxy) is 1. The van der Waals surface area contributed by atoms with Crippen LogP contribution < -0.4 is 5.32 Å². The predicted molar refractivity (Wildman–Crippen MR) is 96.8 cm³/mol. The van der Waals surface area contributed by atoms with E-state index in [4.69, 9.17) is 4.74 Å². The van der Waals surface area contributed by atoms with E-state index in [1.54, 1.807) is 7.11 Å². The van der Waals surface area contributed by atoms with Crippen LogP contribution in [0, 0.1) is 18.8 Å². The van der Waals surface area contributed by atoms with Crippen molar-refractivity contribution in [2.45, 2.75) is 31.3 Å². The van der Waals surface area contributed by atoms with E-state index in [-0.39, 0.29) is 30.3 Å². The van der Waals surface area contributed by atoms with Crippen LogP contribution in [0.25, 0.3) is 0 Å². The molecule has 4 heterocycles. The number of nitrogens with zero attached hydrogens (tertiary/aromatic N) is 2. The molecule has 0 aromatic heterocycles. The highest BCUT2D eigenvalue weighted by Crippen LogP contribution is 2.60. The zero-order valence-electron chi connectivity index (χ0n) is 15.5. The maximum Gasteiger partial charge on any atom is 0.250 e. The lowest BCUT2D eigenvalue weighted by atomic mass is 9.75. The number of rotatable bonds is 3. The average Bonchev–Trinajstić information content (AvgIpc) is 3.33. The first kappa shape index (κ1) is 16.9. The van der Waals surface area contributed by atoms with Gasteiger partial charge >= 0.3 is 0 Å². The molecule has 4 aliphatic rings. The number of likely N-dealkylation sites (tertiary alicyclic amines) is 1. The molecule has 1 N–H and O–H groups in total. The first-order chi connectivity index (χ1) is 13.0. The Bertz CT molecular complexity index is 869. The van der Waals surface area contributed by atoms with E-state index in [0.29, 0.717) is 6.61 Å². The quantitative estimate of drug-likeness (QED) is 0.800. The van der Waals surface area contributed by atoms with Gasteiger partial charge < -0.3 is 10.1 Å². The number of hydrogen-bond donors (Lipinski definition) is 1. The van der Waals surface area contributed by atoms with E-state index >= 15 is 0 Å². The fourth-order valence-corrected chi connectivity index (χ4v) is 5.78. The van der Waals surface area contributed by atoms with Crippen molar-refractivity contribution in [1.29, 1.82) is 0 Å². The third kappa shape index (κ3) is 1.91. The van der Waals surface area contributed by atoms with Crippen LogP contribution in [0.2, 0.25) is 0 Å². The van der Waals surface area contributed by atoms with E-state index in [9.17, 15) is 14.4 Å². The highest BCUT2D eigenvalue weighted by molar-refractivity contribution is 6.15. The number of imide groups is 1. The molecule has 27 heavy (non-hydrogen) atoms. The van der Waals surface area contributed by atoms with Crippen LogP contribution in [0.4, 0.5) is 5.69 Å². The average molecular weight is 369 g/mol. The second-order valence-electron chi connectivity index (χ2n) is 8.00. The summed E-state index contributed by atoms with van der Waals surface area (Å²) in [4.78, 5) is 43.4. The number of amides is 3. The molecule has 1 aromatic carbocycles. The van der Waals surface area contributed by atoms with Gasteiger partial charge in [-0.3, -0.25) is 24.2 Å². The summed E-state index contributed by atoms with van der Waals surface area (Å²) < 4.78 is 5.08. The SMILES string of the molecule is COCCN1C(=O)[C@@H]2[C@H]3CCCN3[C@@]3(C(=O)Nc4ccc(C)cc43)[C@@H]2C1=O. The van der Waals surface area contributed by atoms with Gasteiger partial charge in [-0.15, -0.1) is 0 Å². The molecule has 0 aliphatic carbocycles. The minimum Gasteiger partial charge on any atom is -0.383 e. The summed E-state index contributed by atoms with van der Waals surface area (Å²) in [5.74, 6) is -1.66. The Hall–Kier alpha value is -2.25. The van der Waals surface area contributed by atoms with Gasteiger partial charge in [0.25, 0.3) is 0 Å². The Balaban J connectivity index is 1.69. The van der Waals surface area contributed by atoms with Crippen LogP contribution >= 0.6 is 0 Å². The van der Waals surface area contributed by atoms with Crippen LogP contribution in [-0.4, -0.2) is 60.4 Å². The van der Waals surface area contributed by atoms with Gasteiger partial charge in [-0.1, -0.05) is 17.7 Å². The summed E-state index contributed by atoms with van der Waals surface area (Å²) in [6.45, 7) is 3.26. The smallest absolute Gasteiger partial charge is 0.250 e. The Labute approximate surface area is 157 Å². The van der Waals surface area contributed by atoms with Crippen molar-refractivity contribution in [3.05, 3.63) is 29.3 Å². The van der Waals surface area contributed by atoms with Gasteiger partial charge in [0.15, 0.2) is 0 Å². The molecule has 0 saturated carbocycles. The first-order valence-electron chi connectivity index (χ1n) is 9.55. The molecular weight excluding hydrogens is 346 g/mol. The molecule has 0 bridgehead atoms. The lowest BCUT2D eigenvalue weighted by Gasteiger charge is -2.36. The predicted octanol–water partition coefficient (Wildman–Crippen LogP) is 0.868. The molecule has 5 rings (SSSR count). The summed E-state index contributed by atoms with van der Waals surface area (Å²) >= 11 is 0. The minimum atomic E-state index is -1.07. The number of nitrogens with one attached hydrogen (secondary N) is 1. The highest BCUT2D eigenvalue weighted by Gasteiger charge is 2.74. The van der Waals surface area contributed by atoms with Crippen molar-refractivity contribution in [2.75, 3.05) is 32.1 Å². The first-order valence-corrected chi connectivity index (χ1v) is 9.55.